The van der Waals surface area contributed by atoms with E-state index in [1.54, 1.807) is 0 Å². The normalized spacial score (nSPS) is 11.2. The monoisotopic (exact) mass is 606 g/mol. The van der Waals surface area contributed by atoms with Gasteiger partial charge >= 0.3 is 11.9 Å². The lowest BCUT2D eigenvalue weighted by Crippen LogP contribution is -2.11. The molecule has 9 heteroatoms. The minimum atomic E-state index is -1.24. The number of amides is 1. The van der Waals surface area contributed by atoms with Crippen molar-refractivity contribution in [2.75, 3.05) is 18.2 Å². The van der Waals surface area contributed by atoms with Gasteiger partial charge in [0, 0.05) is 17.8 Å². The van der Waals surface area contributed by atoms with Crippen molar-refractivity contribution in [3.63, 3.8) is 0 Å². The van der Waals surface area contributed by atoms with E-state index >= 15 is 0 Å². The third kappa shape index (κ3) is 16.6. The van der Waals surface area contributed by atoms with E-state index in [-0.39, 0.29) is 28.5 Å². The summed E-state index contributed by atoms with van der Waals surface area (Å²) < 4.78 is 4.42. The SMILES string of the molecule is CCCCC/C=C\C/C=C\C/C=C\C/C=C\CCCC(=O)Nc1ccc(O)c(C(=O)O)c1.COC(=O)c1cc(N)ccc1O. The molecule has 0 heterocycles. The van der Waals surface area contributed by atoms with Crippen LogP contribution < -0.4 is 11.1 Å². The predicted octanol–water partition coefficient (Wildman–Crippen LogP) is 7.94. The molecule has 2 aromatic carbocycles. The number of ether oxygens (including phenoxy) is 1. The standard InChI is InChI=1S/C27H37NO4.C8H9NO3/c1-2-3-4-5-6-7-8-9-10-11-12-13-14-15-16-17-18-19-26(30)28-23-20-21-25(29)24(22-23)27(31)32;1-12-8(11)6-4-5(9)2-3-7(6)10/h6-7,9-10,12-13,15-16,20-22,29H,2-5,8,11,14,17-19H2,1H3,(H,28,30)(H,31,32);2-4,10H,9H2,1H3/b7-6-,10-9-,13-12-,16-15-;. The number of aromatic hydroxyl groups is 2. The first-order valence-electron chi connectivity index (χ1n) is 14.8. The van der Waals surface area contributed by atoms with Gasteiger partial charge in [0.05, 0.1) is 7.11 Å². The molecule has 238 valence electrons. The number of rotatable bonds is 17. The van der Waals surface area contributed by atoms with Crippen LogP contribution in [0.4, 0.5) is 11.4 Å². The number of aromatic carboxylic acids is 1. The van der Waals surface area contributed by atoms with Gasteiger partial charge in [0.15, 0.2) is 0 Å². The van der Waals surface area contributed by atoms with Crippen molar-refractivity contribution in [1.29, 1.82) is 0 Å². The largest absolute Gasteiger partial charge is 0.507 e. The van der Waals surface area contributed by atoms with Crippen LogP contribution in [0.1, 0.15) is 91.8 Å². The Balaban J connectivity index is 0.000000669. The fourth-order valence-corrected chi connectivity index (χ4v) is 3.78. The molecular weight excluding hydrogens is 560 g/mol. The van der Waals surface area contributed by atoms with E-state index in [4.69, 9.17) is 10.8 Å². The number of carbonyl (C=O) groups excluding carboxylic acids is 2. The number of anilines is 2. The average molecular weight is 607 g/mol. The maximum Gasteiger partial charge on any atom is 0.341 e. The first kappa shape index (κ1) is 37.2. The number of nitrogens with one attached hydrogen (secondary N) is 1. The first-order chi connectivity index (χ1) is 21.2. The summed E-state index contributed by atoms with van der Waals surface area (Å²) in [6, 6.07) is 8.21. The first-order valence-corrected chi connectivity index (χ1v) is 14.8. The van der Waals surface area contributed by atoms with Crippen molar-refractivity contribution in [2.45, 2.75) is 71.1 Å². The average Bonchev–Trinajstić information content (AvgIpc) is 3.00. The van der Waals surface area contributed by atoms with Crippen molar-refractivity contribution >= 4 is 29.2 Å². The maximum atomic E-state index is 12.0. The number of hydrogen-bond acceptors (Lipinski definition) is 7. The number of carbonyl (C=O) groups is 3. The molecule has 0 bridgehead atoms. The molecular formula is C35H46N2O7. The van der Waals surface area contributed by atoms with Crippen LogP contribution in [-0.2, 0) is 9.53 Å². The van der Waals surface area contributed by atoms with Gasteiger partial charge < -0.3 is 31.1 Å². The van der Waals surface area contributed by atoms with Gasteiger partial charge in [-0.2, -0.15) is 0 Å². The lowest BCUT2D eigenvalue weighted by molar-refractivity contribution is -0.116. The van der Waals surface area contributed by atoms with Crippen LogP contribution in [-0.4, -0.2) is 40.3 Å². The zero-order chi connectivity index (χ0) is 32.6. The summed E-state index contributed by atoms with van der Waals surface area (Å²) in [5.74, 6) is -2.46. The van der Waals surface area contributed by atoms with E-state index in [0.29, 0.717) is 24.2 Å². The number of unbranched alkanes of at least 4 members (excludes halogenated alkanes) is 4. The molecule has 0 aromatic heterocycles. The van der Waals surface area contributed by atoms with E-state index in [2.05, 4.69) is 65.6 Å². The third-order valence-electron chi connectivity index (χ3n) is 6.17. The third-order valence-corrected chi connectivity index (χ3v) is 6.17. The Bertz CT molecular complexity index is 1300. The second-order valence-corrected chi connectivity index (χ2v) is 9.83. The van der Waals surface area contributed by atoms with Crippen molar-refractivity contribution in [3.05, 3.63) is 96.1 Å². The summed E-state index contributed by atoms with van der Waals surface area (Å²) in [5, 5.41) is 30.3. The molecule has 0 radical (unpaired) electrons. The van der Waals surface area contributed by atoms with Crippen LogP contribution in [0.2, 0.25) is 0 Å². The fraction of sp³-hybridized carbons (Fsp3) is 0.343. The molecule has 1 amide bonds. The van der Waals surface area contributed by atoms with Gasteiger partial charge in [-0.3, -0.25) is 4.79 Å². The second kappa shape index (κ2) is 22.8. The summed E-state index contributed by atoms with van der Waals surface area (Å²) in [6.45, 7) is 2.22. The molecule has 44 heavy (non-hydrogen) atoms. The Morgan fingerprint density at radius 1 is 0.773 bits per heavy atom. The zero-order valence-electron chi connectivity index (χ0n) is 25.7. The number of phenols is 2. The fourth-order valence-electron chi connectivity index (χ4n) is 3.78. The van der Waals surface area contributed by atoms with Crippen molar-refractivity contribution in [1.82, 2.24) is 0 Å². The molecule has 0 aliphatic heterocycles. The molecule has 0 unspecified atom stereocenters. The number of nitrogens with two attached hydrogens (primary N) is 1. The minimum absolute atomic E-state index is 0.0810. The van der Waals surface area contributed by atoms with E-state index in [9.17, 15) is 24.6 Å². The van der Waals surface area contributed by atoms with Crippen LogP contribution >= 0.6 is 0 Å². The summed E-state index contributed by atoms with van der Waals surface area (Å²) >= 11 is 0. The molecule has 0 spiro atoms. The lowest BCUT2D eigenvalue weighted by Gasteiger charge is -2.06. The molecule has 2 rings (SSSR count). The molecule has 0 aliphatic carbocycles. The molecule has 0 saturated carbocycles. The zero-order valence-corrected chi connectivity index (χ0v) is 25.7. The smallest absolute Gasteiger partial charge is 0.341 e. The lowest BCUT2D eigenvalue weighted by atomic mass is 10.1. The number of carboxylic acids is 1. The molecule has 6 N–H and O–H groups in total. The van der Waals surface area contributed by atoms with Gasteiger partial charge in [0.2, 0.25) is 5.91 Å². The highest BCUT2D eigenvalue weighted by atomic mass is 16.5. The minimum Gasteiger partial charge on any atom is -0.507 e. The van der Waals surface area contributed by atoms with Crippen molar-refractivity contribution in [2.24, 2.45) is 0 Å². The molecule has 0 saturated heterocycles. The Morgan fingerprint density at radius 2 is 1.32 bits per heavy atom. The van der Waals surface area contributed by atoms with E-state index < -0.39 is 11.9 Å². The number of allylic oxidation sites excluding steroid dienone is 8. The number of benzene rings is 2. The Morgan fingerprint density at radius 3 is 1.89 bits per heavy atom. The van der Waals surface area contributed by atoms with E-state index in [0.717, 1.165) is 25.7 Å². The molecule has 0 atom stereocenters. The predicted molar refractivity (Wildman–Crippen MR) is 176 cm³/mol. The topological polar surface area (TPSA) is 159 Å². The van der Waals surface area contributed by atoms with E-state index in [1.807, 2.05) is 0 Å². The summed E-state index contributed by atoms with van der Waals surface area (Å²) in [6.07, 6.45) is 27.1. The Kier molecular flexibility index (Phi) is 19.3. The number of phenolic OH excluding ortho intramolecular Hbond substituents is 1. The summed E-state index contributed by atoms with van der Waals surface area (Å²) in [4.78, 5) is 33.9. The highest BCUT2D eigenvalue weighted by Crippen LogP contribution is 2.22. The van der Waals surface area contributed by atoms with Gasteiger partial charge in [-0.1, -0.05) is 68.4 Å². The van der Waals surface area contributed by atoms with Crippen LogP contribution in [0.3, 0.4) is 0 Å². The van der Waals surface area contributed by atoms with Crippen molar-refractivity contribution < 1.29 is 34.4 Å². The number of esters is 1. The molecule has 0 fully saturated rings. The number of nitrogen functional groups attached to an aromatic ring is 1. The van der Waals surface area contributed by atoms with Gasteiger partial charge in [-0.25, -0.2) is 9.59 Å². The van der Waals surface area contributed by atoms with Gasteiger partial charge in [-0.05, 0) is 81.3 Å². The number of hydrogen-bond donors (Lipinski definition) is 5. The molecule has 2 aromatic rings. The summed E-state index contributed by atoms with van der Waals surface area (Å²) in [5.41, 5.74) is 6.02. The van der Waals surface area contributed by atoms with Crippen LogP contribution in [0.5, 0.6) is 11.5 Å². The molecule has 9 nitrogen and oxygen atoms in total. The van der Waals surface area contributed by atoms with Gasteiger partial charge in [0.25, 0.3) is 0 Å². The molecule has 0 aliphatic rings. The number of carboxylic acid groups (broad SMARTS) is 1. The highest BCUT2D eigenvalue weighted by Gasteiger charge is 2.12. The highest BCUT2D eigenvalue weighted by molar-refractivity contribution is 5.95. The summed E-state index contributed by atoms with van der Waals surface area (Å²) in [7, 11) is 1.24. The van der Waals surface area contributed by atoms with Crippen LogP contribution in [0.25, 0.3) is 0 Å². The van der Waals surface area contributed by atoms with Gasteiger partial charge in [0.1, 0.15) is 22.6 Å². The Hall–Kier alpha value is -4.79. The van der Waals surface area contributed by atoms with Crippen LogP contribution in [0, 0.1) is 0 Å². The van der Waals surface area contributed by atoms with E-state index in [1.165, 1.54) is 69.2 Å². The maximum absolute atomic E-state index is 12.0. The quantitative estimate of drug-likeness (QED) is 0.0399. The number of methoxy groups -OCH3 is 1. The van der Waals surface area contributed by atoms with Crippen molar-refractivity contribution in [3.8, 4) is 11.5 Å². The Labute approximate surface area is 260 Å². The van der Waals surface area contributed by atoms with Gasteiger partial charge in [-0.15, -0.1) is 0 Å². The second-order valence-electron chi connectivity index (χ2n) is 9.83. The van der Waals surface area contributed by atoms with Crippen LogP contribution in [0.15, 0.2) is 85.0 Å².